The van der Waals surface area contributed by atoms with Gasteiger partial charge in [0.25, 0.3) is 5.69 Å². The van der Waals surface area contributed by atoms with Crippen LogP contribution in [0.15, 0.2) is 18.2 Å². The molecule has 6 nitrogen and oxygen atoms in total. The number of nitrogens with zero attached hydrogens (tertiary/aromatic N) is 1. The standard InChI is InChI=1S/C13H18N2O4/c1-8(2)10(7-12(16)17)14-13-9(3)5-4-6-11(13)15(18)19/h4-6,8,10,14H,7H2,1-3H3,(H,16,17). The Bertz CT molecular complexity index is 486. The second kappa shape index (κ2) is 6.17. The van der Waals surface area contributed by atoms with Gasteiger partial charge in [0.15, 0.2) is 0 Å². The van der Waals surface area contributed by atoms with E-state index in [1.807, 2.05) is 13.8 Å². The third kappa shape index (κ3) is 3.94. The Hall–Kier alpha value is -2.11. The molecular weight excluding hydrogens is 248 g/mol. The third-order valence-electron chi connectivity index (χ3n) is 2.98. The number of para-hydroxylation sites is 1. The van der Waals surface area contributed by atoms with E-state index in [0.717, 1.165) is 5.56 Å². The van der Waals surface area contributed by atoms with E-state index in [1.54, 1.807) is 19.1 Å². The van der Waals surface area contributed by atoms with Gasteiger partial charge in [0.05, 0.1) is 11.3 Å². The Balaban J connectivity index is 3.08. The van der Waals surface area contributed by atoms with Crippen molar-refractivity contribution in [3.63, 3.8) is 0 Å². The molecule has 0 saturated heterocycles. The number of rotatable bonds is 6. The number of nitrogens with one attached hydrogen (secondary N) is 1. The van der Waals surface area contributed by atoms with Gasteiger partial charge >= 0.3 is 5.97 Å². The molecule has 6 heteroatoms. The molecule has 0 amide bonds. The molecule has 1 unspecified atom stereocenters. The van der Waals surface area contributed by atoms with E-state index in [9.17, 15) is 14.9 Å². The smallest absolute Gasteiger partial charge is 0.305 e. The van der Waals surface area contributed by atoms with Gasteiger partial charge < -0.3 is 10.4 Å². The maximum absolute atomic E-state index is 11.0. The first kappa shape index (κ1) is 14.9. The second-order valence-electron chi connectivity index (χ2n) is 4.82. The number of nitro groups is 1. The highest BCUT2D eigenvalue weighted by Crippen LogP contribution is 2.29. The molecule has 0 saturated carbocycles. The maximum atomic E-state index is 11.0. The van der Waals surface area contributed by atoms with Crippen LogP contribution in [0, 0.1) is 23.0 Å². The molecule has 1 atom stereocenters. The number of aliphatic carboxylic acids is 1. The molecule has 0 heterocycles. The molecule has 0 aromatic heterocycles. The van der Waals surface area contributed by atoms with Crippen molar-refractivity contribution in [2.75, 3.05) is 5.32 Å². The van der Waals surface area contributed by atoms with Gasteiger partial charge in [-0.15, -0.1) is 0 Å². The number of aryl methyl sites for hydroxylation is 1. The lowest BCUT2D eigenvalue weighted by molar-refractivity contribution is -0.384. The van der Waals surface area contributed by atoms with E-state index >= 15 is 0 Å². The van der Waals surface area contributed by atoms with E-state index in [2.05, 4.69) is 5.32 Å². The molecule has 0 radical (unpaired) electrons. The summed E-state index contributed by atoms with van der Waals surface area (Å²) in [5, 5.41) is 22.9. The van der Waals surface area contributed by atoms with Gasteiger partial charge in [-0.3, -0.25) is 14.9 Å². The lowest BCUT2D eigenvalue weighted by Crippen LogP contribution is -2.29. The van der Waals surface area contributed by atoms with Crippen molar-refractivity contribution in [2.45, 2.75) is 33.2 Å². The number of carboxylic acid groups (broad SMARTS) is 1. The fraction of sp³-hybridized carbons (Fsp3) is 0.462. The Labute approximate surface area is 111 Å². The average molecular weight is 266 g/mol. The minimum atomic E-state index is -0.928. The van der Waals surface area contributed by atoms with Crippen LogP contribution in [-0.4, -0.2) is 22.0 Å². The Morgan fingerprint density at radius 2 is 2.11 bits per heavy atom. The molecular formula is C13H18N2O4. The van der Waals surface area contributed by atoms with Crippen LogP contribution in [0.25, 0.3) is 0 Å². The van der Waals surface area contributed by atoms with Crippen LogP contribution in [0.3, 0.4) is 0 Å². The van der Waals surface area contributed by atoms with Crippen LogP contribution in [0.4, 0.5) is 11.4 Å². The first-order chi connectivity index (χ1) is 8.82. The molecule has 0 spiro atoms. The predicted octanol–water partition coefficient (Wildman–Crippen LogP) is 2.81. The normalized spacial score (nSPS) is 12.2. The van der Waals surface area contributed by atoms with E-state index < -0.39 is 10.9 Å². The Morgan fingerprint density at radius 1 is 1.47 bits per heavy atom. The highest BCUT2D eigenvalue weighted by molar-refractivity contribution is 5.70. The summed E-state index contributed by atoms with van der Waals surface area (Å²) < 4.78 is 0. The highest BCUT2D eigenvalue weighted by atomic mass is 16.6. The number of carbonyl (C=O) groups is 1. The largest absolute Gasteiger partial charge is 0.481 e. The molecule has 1 rings (SSSR count). The van der Waals surface area contributed by atoms with Gasteiger partial charge in [-0.05, 0) is 18.4 Å². The van der Waals surface area contributed by atoms with Crippen LogP contribution < -0.4 is 5.32 Å². The second-order valence-corrected chi connectivity index (χ2v) is 4.82. The van der Waals surface area contributed by atoms with E-state index in [0.29, 0.717) is 5.69 Å². The molecule has 1 aromatic rings. The zero-order chi connectivity index (χ0) is 14.6. The summed E-state index contributed by atoms with van der Waals surface area (Å²) in [6.45, 7) is 5.52. The zero-order valence-electron chi connectivity index (χ0n) is 11.2. The summed E-state index contributed by atoms with van der Waals surface area (Å²) in [7, 11) is 0. The minimum Gasteiger partial charge on any atom is -0.481 e. The summed E-state index contributed by atoms with van der Waals surface area (Å²) in [4.78, 5) is 21.4. The Kier molecular flexibility index (Phi) is 4.86. The van der Waals surface area contributed by atoms with Crippen LogP contribution in [0.1, 0.15) is 25.8 Å². The average Bonchev–Trinajstić information content (AvgIpc) is 2.29. The topological polar surface area (TPSA) is 92.5 Å². The lowest BCUT2D eigenvalue weighted by atomic mass is 9.99. The number of nitro benzene ring substituents is 1. The fourth-order valence-corrected chi connectivity index (χ4v) is 1.82. The van der Waals surface area contributed by atoms with Gasteiger partial charge in [-0.1, -0.05) is 26.0 Å². The quantitative estimate of drug-likeness (QED) is 0.610. The number of benzene rings is 1. The summed E-state index contributed by atoms with van der Waals surface area (Å²) in [5.41, 5.74) is 1.09. The van der Waals surface area contributed by atoms with E-state index in [4.69, 9.17) is 5.11 Å². The van der Waals surface area contributed by atoms with Gasteiger partial charge in [-0.25, -0.2) is 0 Å². The molecule has 0 aliphatic rings. The fourth-order valence-electron chi connectivity index (χ4n) is 1.82. The Morgan fingerprint density at radius 3 is 2.58 bits per heavy atom. The lowest BCUT2D eigenvalue weighted by Gasteiger charge is -2.22. The SMILES string of the molecule is Cc1cccc([N+](=O)[O-])c1NC(CC(=O)O)C(C)C. The molecule has 0 bridgehead atoms. The van der Waals surface area contributed by atoms with Gasteiger partial charge in [-0.2, -0.15) is 0 Å². The molecule has 104 valence electrons. The molecule has 0 aliphatic heterocycles. The first-order valence-electron chi connectivity index (χ1n) is 6.05. The van der Waals surface area contributed by atoms with Crippen molar-refractivity contribution in [1.29, 1.82) is 0 Å². The summed E-state index contributed by atoms with van der Waals surface area (Å²) in [6, 6.07) is 4.43. The van der Waals surface area contributed by atoms with Crippen molar-refractivity contribution >= 4 is 17.3 Å². The number of carboxylic acids is 1. The summed E-state index contributed by atoms with van der Waals surface area (Å²) in [6.07, 6.45) is -0.0802. The summed E-state index contributed by atoms with van der Waals surface area (Å²) in [5.74, 6) is -0.877. The van der Waals surface area contributed by atoms with Crippen molar-refractivity contribution in [3.8, 4) is 0 Å². The predicted molar refractivity (Wildman–Crippen MR) is 72.3 cm³/mol. The molecule has 0 fully saturated rings. The minimum absolute atomic E-state index is 0.0314. The van der Waals surface area contributed by atoms with E-state index in [1.165, 1.54) is 6.07 Å². The van der Waals surface area contributed by atoms with Gasteiger partial charge in [0, 0.05) is 12.1 Å². The number of hydrogen-bond donors (Lipinski definition) is 2. The third-order valence-corrected chi connectivity index (χ3v) is 2.98. The van der Waals surface area contributed by atoms with Gasteiger partial charge in [0.2, 0.25) is 0 Å². The molecule has 2 N–H and O–H groups in total. The maximum Gasteiger partial charge on any atom is 0.305 e. The van der Waals surface area contributed by atoms with Crippen LogP contribution in [0.2, 0.25) is 0 Å². The van der Waals surface area contributed by atoms with Crippen molar-refractivity contribution in [3.05, 3.63) is 33.9 Å². The monoisotopic (exact) mass is 266 g/mol. The zero-order valence-corrected chi connectivity index (χ0v) is 11.2. The van der Waals surface area contributed by atoms with Crippen LogP contribution >= 0.6 is 0 Å². The van der Waals surface area contributed by atoms with Gasteiger partial charge in [0.1, 0.15) is 5.69 Å². The van der Waals surface area contributed by atoms with Crippen molar-refractivity contribution in [2.24, 2.45) is 5.92 Å². The van der Waals surface area contributed by atoms with Crippen LogP contribution in [0.5, 0.6) is 0 Å². The molecule has 1 aromatic carbocycles. The van der Waals surface area contributed by atoms with Crippen molar-refractivity contribution < 1.29 is 14.8 Å². The van der Waals surface area contributed by atoms with E-state index in [-0.39, 0.29) is 24.1 Å². The number of anilines is 1. The number of hydrogen-bond acceptors (Lipinski definition) is 4. The molecule has 0 aliphatic carbocycles. The first-order valence-corrected chi connectivity index (χ1v) is 6.05. The highest BCUT2D eigenvalue weighted by Gasteiger charge is 2.22. The summed E-state index contributed by atoms with van der Waals surface area (Å²) >= 11 is 0. The van der Waals surface area contributed by atoms with Crippen molar-refractivity contribution in [1.82, 2.24) is 0 Å². The van der Waals surface area contributed by atoms with Crippen LogP contribution in [-0.2, 0) is 4.79 Å². The molecule has 19 heavy (non-hydrogen) atoms.